The molecule has 0 atom stereocenters. The minimum absolute atomic E-state index is 0.304. The van der Waals surface area contributed by atoms with Crippen molar-refractivity contribution in [3.05, 3.63) is 65.2 Å². The summed E-state index contributed by atoms with van der Waals surface area (Å²) in [5.41, 5.74) is 1.73. The van der Waals surface area contributed by atoms with Crippen LogP contribution in [0.2, 0.25) is 0 Å². The molecule has 2 rings (SSSR count). The first kappa shape index (κ1) is 17.2. The summed E-state index contributed by atoms with van der Waals surface area (Å²) in [6.07, 6.45) is 0. The molecule has 0 fully saturated rings. The van der Waals surface area contributed by atoms with Crippen LogP contribution in [0.1, 0.15) is 38.0 Å². The molecule has 0 aliphatic rings. The van der Waals surface area contributed by atoms with Gasteiger partial charge in [0.15, 0.2) is 0 Å². The van der Waals surface area contributed by atoms with Crippen LogP contribution in [0.5, 0.6) is 0 Å². The van der Waals surface area contributed by atoms with Crippen LogP contribution in [0.15, 0.2) is 48.5 Å². The molecule has 0 saturated heterocycles. The molecular weight excluding hydrogens is 310 g/mol. The molecule has 2 aromatic carbocycles. The molecule has 124 valence electrons. The molecule has 0 unspecified atom stereocenters. The van der Waals surface area contributed by atoms with Crippen molar-refractivity contribution in [2.45, 2.75) is 6.92 Å². The Morgan fingerprint density at radius 1 is 0.833 bits per heavy atom. The van der Waals surface area contributed by atoms with Crippen LogP contribution in [0.3, 0.4) is 0 Å². The third-order valence-corrected chi connectivity index (χ3v) is 3.22. The van der Waals surface area contributed by atoms with Crippen molar-refractivity contribution in [1.29, 1.82) is 0 Å². The Hall–Kier alpha value is -3.15. The first-order valence-electron chi connectivity index (χ1n) is 7.32. The molecule has 1 amide bonds. The maximum absolute atomic E-state index is 12.2. The fourth-order valence-corrected chi connectivity index (χ4v) is 1.98. The minimum Gasteiger partial charge on any atom is -0.465 e. The number of nitrogens with one attached hydrogen (secondary N) is 1. The Morgan fingerprint density at radius 2 is 1.33 bits per heavy atom. The van der Waals surface area contributed by atoms with Gasteiger partial charge in [0, 0.05) is 11.3 Å². The number of methoxy groups -OCH3 is 1. The van der Waals surface area contributed by atoms with E-state index in [0.717, 1.165) is 0 Å². The lowest BCUT2D eigenvalue weighted by Crippen LogP contribution is -2.12. The summed E-state index contributed by atoms with van der Waals surface area (Å²) in [6.45, 7) is 2.04. The Kier molecular flexibility index (Phi) is 5.68. The number of hydrogen-bond acceptors (Lipinski definition) is 5. The average Bonchev–Trinajstić information content (AvgIpc) is 2.62. The second-order valence-electron chi connectivity index (χ2n) is 4.82. The molecule has 0 bridgehead atoms. The molecular formula is C18H17NO5. The van der Waals surface area contributed by atoms with E-state index in [1.165, 1.54) is 31.4 Å². The van der Waals surface area contributed by atoms with E-state index in [2.05, 4.69) is 10.1 Å². The fraction of sp³-hybridized carbons (Fsp3) is 0.167. The number of benzene rings is 2. The molecule has 24 heavy (non-hydrogen) atoms. The molecule has 6 heteroatoms. The summed E-state index contributed by atoms with van der Waals surface area (Å²) in [5, 5.41) is 2.71. The lowest BCUT2D eigenvalue weighted by atomic mass is 10.1. The molecule has 0 spiro atoms. The van der Waals surface area contributed by atoms with E-state index in [9.17, 15) is 14.4 Å². The molecule has 0 aliphatic carbocycles. The van der Waals surface area contributed by atoms with Gasteiger partial charge < -0.3 is 14.8 Å². The van der Waals surface area contributed by atoms with Crippen molar-refractivity contribution in [2.24, 2.45) is 0 Å². The van der Waals surface area contributed by atoms with E-state index in [1.807, 2.05) is 0 Å². The van der Waals surface area contributed by atoms with Crippen LogP contribution in [0.25, 0.3) is 0 Å². The van der Waals surface area contributed by atoms with Gasteiger partial charge in [-0.2, -0.15) is 0 Å². The van der Waals surface area contributed by atoms with Crippen LogP contribution in [-0.4, -0.2) is 31.6 Å². The van der Waals surface area contributed by atoms with Crippen molar-refractivity contribution < 1.29 is 23.9 Å². The average molecular weight is 327 g/mol. The smallest absolute Gasteiger partial charge is 0.338 e. The maximum atomic E-state index is 12.2. The number of ether oxygens (including phenoxy) is 2. The molecule has 1 N–H and O–H groups in total. The summed E-state index contributed by atoms with van der Waals surface area (Å²) >= 11 is 0. The predicted molar refractivity (Wildman–Crippen MR) is 88.1 cm³/mol. The van der Waals surface area contributed by atoms with Crippen LogP contribution >= 0.6 is 0 Å². The lowest BCUT2D eigenvalue weighted by Gasteiger charge is -2.07. The highest BCUT2D eigenvalue weighted by molar-refractivity contribution is 6.05. The zero-order valence-corrected chi connectivity index (χ0v) is 13.4. The molecule has 0 aromatic heterocycles. The second kappa shape index (κ2) is 7.92. The monoisotopic (exact) mass is 327 g/mol. The van der Waals surface area contributed by atoms with E-state index in [4.69, 9.17) is 4.74 Å². The standard InChI is InChI=1S/C18H17NO5/c1-3-24-18(22)14-8-10-15(11-9-14)19-16(20)12-4-6-13(7-5-12)17(21)23-2/h4-11H,3H2,1-2H3,(H,19,20). The van der Waals surface area contributed by atoms with E-state index in [1.54, 1.807) is 31.2 Å². The van der Waals surface area contributed by atoms with E-state index < -0.39 is 11.9 Å². The Labute approximate surface area is 139 Å². The Bertz CT molecular complexity index is 735. The zero-order valence-electron chi connectivity index (χ0n) is 13.4. The third-order valence-electron chi connectivity index (χ3n) is 3.22. The highest BCUT2D eigenvalue weighted by atomic mass is 16.5. The van der Waals surface area contributed by atoms with Crippen molar-refractivity contribution >= 4 is 23.5 Å². The number of esters is 2. The molecule has 0 saturated carbocycles. The molecule has 6 nitrogen and oxygen atoms in total. The second-order valence-corrected chi connectivity index (χ2v) is 4.82. The van der Waals surface area contributed by atoms with Crippen molar-refractivity contribution in [3.63, 3.8) is 0 Å². The third kappa shape index (κ3) is 4.19. The molecule has 0 heterocycles. The highest BCUT2D eigenvalue weighted by Crippen LogP contribution is 2.13. The minimum atomic E-state index is -0.462. The number of rotatable bonds is 5. The van der Waals surface area contributed by atoms with E-state index in [-0.39, 0.29) is 5.91 Å². The van der Waals surface area contributed by atoms with E-state index in [0.29, 0.717) is 29.0 Å². The quantitative estimate of drug-likeness (QED) is 0.854. The van der Waals surface area contributed by atoms with Gasteiger partial charge in [0.2, 0.25) is 0 Å². The Morgan fingerprint density at radius 3 is 1.88 bits per heavy atom. The summed E-state index contributed by atoms with van der Waals surface area (Å²) in [5.74, 6) is -1.19. The van der Waals surface area contributed by atoms with Gasteiger partial charge in [-0.05, 0) is 55.5 Å². The van der Waals surface area contributed by atoms with Gasteiger partial charge in [0.1, 0.15) is 0 Å². The SMILES string of the molecule is CCOC(=O)c1ccc(NC(=O)c2ccc(C(=O)OC)cc2)cc1. The molecule has 2 aromatic rings. The van der Waals surface area contributed by atoms with Gasteiger partial charge >= 0.3 is 11.9 Å². The predicted octanol–water partition coefficient (Wildman–Crippen LogP) is 2.90. The van der Waals surface area contributed by atoms with Gasteiger partial charge in [0.25, 0.3) is 5.91 Å². The van der Waals surface area contributed by atoms with Gasteiger partial charge in [-0.15, -0.1) is 0 Å². The fourth-order valence-electron chi connectivity index (χ4n) is 1.98. The maximum Gasteiger partial charge on any atom is 0.338 e. The number of amides is 1. The van der Waals surface area contributed by atoms with Crippen molar-refractivity contribution in [3.8, 4) is 0 Å². The van der Waals surface area contributed by atoms with Gasteiger partial charge in [-0.25, -0.2) is 9.59 Å². The lowest BCUT2D eigenvalue weighted by molar-refractivity contribution is 0.0525. The highest BCUT2D eigenvalue weighted by Gasteiger charge is 2.10. The van der Waals surface area contributed by atoms with Gasteiger partial charge in [-0.3, -0.25) is 4.79 Å². The van der Waals surface area contributed by atoms with Crippen LogP contribution in [0, 0.1) is 0 Å². The normalized spacial score (nSPS) is 9.92. The summed E-state index contributed by atoms with van der Waals surface area (Å²) in [6, 6.07) is 12.5. The number of hydrogen-bond donors (Lipinski definition) is 1. The first-order valence-corrected chi connectivity index (χ1v) is 7.32. The largest absolute Gasteiger partial charge is 0.465 e. The zero-order chi connectivity index (χ0) is 17.5. The van der Waals surface area contributed by atoms with E-state index >= 15 is 0 Å². The molecule has 0 aliphatic heterocycles. The van der Waals surface area contributed by atoms with Crippen molar-refractivity contribution in [1.82, 2.24) is 0 Å². The van der Waals surface area contributed by atoms with Crippen LogP contribution in [-0.2, 0) is 9.47 Å². The summed E-state index contributed by atoms with van der Waals surface area (Å²) in [7, 11) is 1.29. The number of anilines is 1. The van der Waals surface area contributed by atoms with Crippen LogP contribution in [0.4, 0.5) is 5.69 Å². The van der Waals surface area contributed by atoms with Gasteiger partial charge in [-0.1, -0.05) is 0 Å². The topological polar surface area (TPSA) is 81.7 Å². The first-order chi connectivity index (χ1) is 11.5. The molecule has 0 radical (unpaired) electrons. The number of carbonyl (C=O) groups is 3. The Balaban J connectivity index is 2.04. The van der Waals surface area contributed by atoms with Crippen molar-refractivity contribution in [2.75, 3.05) is 19.0 Å². The van der Waals surface area contributed by atoms with Gasteiger partial charge in [0.05, 0.1) is 24.8 Å². The summed E-state index contributed by atoms with van der Waals surface area (Å²) < 4.78 is 9.50. The van der Waals surface area contributed by atoms with Crippen LogP contribution < -0.4 is 5.32 Å². The summed E-state index contributed by atoms with van der Waals surface area (Å²) in [4.78, 5) is 35.1. The number of carbonyl (C=O) groups excluding carboxylic acids is 3.